The summed E-state index contributed by atoms with van der Waals surface area (Å²) in [5.74, 6) is 0.865. The maximum atomic E-state index is 12.1. The standard InChI is InChI=1S/C20H26N2O2/c1-5-17-8-6-7-16(4)19(17)22-20(23)21-11-12-24-18-13-14(2)9-10-15(18)3/h6-10,13H,5,11-12H2,1-4H3,(H2,21,22,23). The van der Waals surface area contributed by atoms with Crippen LogP contribution in [0.3, 0.4) is 0 Å². The van der Waals surface area contributed by atoms with Crippen molar-refractivity contribution in [2.45, 2.75) is 34.1 Å². The van der Waals surface area contributed by atoms with Gasteiger partial charge in [0.15, 0.2) is 0 Å². The van der Waals surface area contributed by atoms with E-state index in [2.05, 4.69) is 23.6 Å². The van der Waals surface area contributed by atoms with Crippen LogP contribution in [0.2, 0.25) is 0 Å². The van der Waals surface area contributed by atoms with Gasteiger partial charge in [0.05, 0.1) is 6.54 Å². The van der Waals surface area contributed by atoms with Gasteiger partial charge in [-0.2, -0.15) is 0 Å². The highest BCUT2D eigenvalue weighted by Gasteiger charge is 2.08. The second kappa shape index (κ2) is 8.39. The predicted octanol–water partition coefficient (Wildman–Crippen LogP) is 4.37. The predicted molar refractivity (Wildman–Crippen MR) is 99.0 cm³/mol. The third-order valence-electron chi connectivity index (χ3n) is 3.97. The molecule has 0 aliphatic heterocycles. The fourth-order valence-corrected chi connectivity index (χ4v) is 2.55. The van der Waals surface area contributed by atoms with E-state index in [1.54, 1.807) is 0 Å². The zero-order valence-electron chi connectivity index (χ0n) is 14.9. The summed E-state index contributed by atoms with van der Waals surface area (Å²) in [5, 5.41) is 5.78. The molecule has 0 saturated heterocycles. The summed E-state index contributed by atoms with van der Waals surface area (Å²) >= 11 is 0. The van der Waals surface area contributed by atoms with Crippen molar-refractivity contribution >= 4 is 11.7 Å². The Labute approximate surface area is 144 Å². The largest absolute Gasteiger partial charge is 0.491 e. The number of para-hydroxylation sites is 1. The molecule has 0 radical (unpaired) electrons. The lowest BCUT2D eigenvalue weighted by molar-refractivity contribution is 0.247. The van der Waals surface area contributed by atoms with Gasteiger partial charge < -0.3 is 15.4 Å². The molecule has 4 nitrogen and oxygen atoms in total. The van der Waals surface area contributed by atoms with E-state index in [1.807, 2.05) is 51.1 Å². The Hall–Kier alpha value is -2.49. The van der Waals surface area contributed by atoms with E-state index in [4.69, 9.17) is 4.74 Å². The monoisotopic (exact) mass is 326 g/mol. The first-order chi connectivity index (χ1) is 11.5. The van der Waals surface area contributed by atoms with Crippen molar-refractivity contribution in [1.82, 2.24) is 5.32 Å². The summed E-state index contributed by atoms with van der Waals surface area (Å²) in [6.45, 7) is 9.01. The van der Waals surface area contributed by atoms with Crippen LogP contribution in [-0.4, -0.2) is 19.2 Å². The van der Waals surface area contributed by atoms with E-state index < -0.39 is 0 Å². The number of nitrogens with one attached hydrogen (secondary N) is 2. The molecular weight excluding hydrogens is 300 g/mol. The van der Waals surface area contributed by atoms with Gasteiger partial charge in [-0.25, -0.2) is 4.79 Å². The topological polar surface area (TPSA) is 50.4 Å². The number of aryl methyl sites for hydroxylation is 4. The lowest BCUT2D eigenvalue weighted by Gasteiger charge is -2.14. The summed E-state index contributed by atoms with van der Waals surface area (Å²) in [5.41, 5.74) is 5.35. The van der Waals surface area contributed by atoms with Crippen LogP contribution in [0.25, 0.3) is 0 Å². The van der Waals surface area contributed by atoms with Gasteiger partial charge in [-0.05, 0) is 55.5 Å². The number of amides is 2. The van der Waals surface area contributed by atoms with Gasteiger partial charge in [0.2, 0.25) is 0 Å². The van der Waals surface area contributed by atoms with Crippen LogP contribution < -0.4 is 15.4 Å². The number of anilines is 1. The first-order valence-electron chi connectivity index (χ1n) is 8.34. The fraction of sp³-hybridized carbons (Fsp3) is 0.350. The van der Waals surface area contributed by atoms with Crippen molar-refractivity contribution in [3.63, 3.8) is 0 Å². The van der Waals surface area contributed by atoms with Crippen molar-refractivity contribution in [2.75, 3.05) is 18.5 Å². The molecule has 0 unspecified atom stereocenters. The number of hydrogen-bond acceptors (Lipinski definition) is 2. The number of carbonyl (C=O) groups is 1. The normalized spacial score (nSPS) is 10.3. The van der Waals surface area contributed by atoms with Crippen molar-refractivity contribution in [3.8, 4) is 5.75 Å². The molecule has 0 heterocycles. The van der Waals surface area contributed by atoms with Crippen molar-refractivity contribution in [1.29, 1.82) is 0 Å². The van der Waals surface area contributed by atoms with Crippen LogP contribution in [0.15, 0.2) is 36.4 Å². The molecule has 0 saturated carbocycles. The third kappa shape index (κ3) is 4.75. The Kier molecular flexibility index (Phi) is 6.24. The molecule has 0 spiro atoms. The maximum absolute atomic E-state index is 12.1. The van der Waals surface area contributed by atoms with E-state index in [0.29, 0.717) is 13.2 Å². The lowest BCUT2D eigenvalue weighted by atomic mass is 10.1. The van der Waals surface area contributed by atoms with E-state index in [0.717, 1.165) is 40.1 Å². The van der Waals surface area contributed by atoms with Gasteiger partial charge in [-0.15, -0.1) is 0 Å². The van der Waals surface area contributed by atoms with Gasteiger partial charge >= 0.3 is 6.03 Å². The Morgan fingerprint density at radius 1 is 1.08 bits per heavy atom. The smallest absolute Gasteiger partial charge is 0.319 e. The minimum atomic E-state index is -0.205. The molecule has 4 heteroatoms. The second-order valence-electron chi connectivity index (χ2n) is 5.96. The number of benzene rings is 2. The molecule has 0 atom stereocenters. The zero-order valence-corrected chi connectivity index (χ0v) is 14.9. The third-order valence-corrected chi connectivity index (χ3v) is 3.97. The summed E-state index contributed by atoms with van der Waals surface area (Å²) < 4.78 is 5.74. The summed E-state index contributed by atoms with van der Waals surface area (Å²) in [6.07, 6.45) is 0.882. The average molecular weight is 326 g/mol. The van der Waals surface area contributed by atoms with Crippen LogP contribution in [0.5, 0.6) is 5.75 Å². The molecule has 2 aromatic rings. The lowest BCUT2D eigenvalue weighted by Crippen LogP contribution is -2.32. The fourth-order valence-electron chi connectivity index (χ4n) is 2.55. The zero-order chi connectivity index (χ0) is 17.5. The average Bonchev–Trinajstić information content (AvgIpc) is 2.56. The molecule has 128 valence electrons. The second-order valence-corrected chi connectivity index (χ2v) is 5.96. The summed E-state index contributed by atoms with van der Waals surface area (Å²) in [6, 6.07) is 11.9. The van der Waals surface area contributed by atoms with Crippen LogP contribution >= 0.6 is 0 Å². The van der Waals surface area contributed by atoms with Crippen LogP contribution in [0.1, 0.15) is 29.2 Å². The maximum Gasteiger partial charge on any atom is 0.319 e. The van der Waals surface area contributed by atoms with E-state index in [1.165, 1.54) is 0 Å². The summed E-state index contributed by atoms with van der Waals surface area (Å²) in [4.78, 5) is 12.1. The molecule has 2 aromatic carbocycles. The van der Waals surface area contributed by atoms with Crippen LogP contribution in [0.4, 0.5) is 10.5 Å². The van der Waals surface area contributed by atoms with Gasteiger partial charge in [-0.3, -0.25) is 0 Å². The van der Waals surface area contributed by atoms with E-state index in [-0.39, 0.29) is 6.03 Å². The molecule has 0 aliphatic carbocycles. The Balaban J connectivity index is 1.83. The molecule has 0 fully saturated rings. The Morgan fingerprint density at radius 3 is 2.62 bits per heavy atom. The van der Waals surface area contributed by atoms with E-state index >= 15 is 0 Å². The minimum Gasteiger partial charge on any atom is -0.491 e. The molecule has 0 aromatic heterocycles. The number of rotatable bonds is 6. The molecule has 2 amide bonds. The molecule has 2 rings (SSSR count). The van der Waals surface area contributed by atoms with Crippen LogP contribution in [-0.2, 0) is 6.42 Å². The van der Waals surface area contributed by atoms with Crippen molar-refractivity contribution in [2.24, 2.45) is 0 Å². The SMILES string of the molecule is CCc1cccc(C)c1NC(=O)NCCOc1cc(C)ccc1C. The summed E-state index contributed by atoms with van der Waals surface area (Å²) in [7, 11) is 0. The highest BCUT2D eigenvalue weighted by molar-refractivity contribution is 5.91. The van der Waals surface area contributed by atoms with Crippen molar-refractivity contribution in [3.05, 3.63) is 58.7 Å². The van der Waals surface area contributed by atoms with Crippen molar-refractivity contribution < 1.29 is 9.53 Å². The molecule has 24 heavy (non-hydrogen) atoms. The van der Waals surface area contributed by atoms with E-state index in [9.17, 15) is 4.79 Å². The number of hydrogen-bond donors (Lipinski definition) is 2. The number of carbonyl (C=O) groups excluding carboxylic acids is 1. The molecule has 2 N–H and O–H groups in total. The number of ether oxygens (including phenoxy) is 1. The Morgan fingerprint density at radius 2 is 1.88 bits per heavy atom. The molecular formula is C20H26N2O2. The molecule has 0 bridgehead atoms. The van der Waals surface area contributed by atoms with Gasteiger partial charge in [0.25, 0.3) is 0 Å². The highest BCUT2D eigenvalue weighted by atomic mass is 16.5. The van der Waals surface area contributed by atoms with Crippen LogP contribution in [0, 0.1) is 20.8 Å². The van der Waals surface area contributed by atoms with Gasteiger partial charge in [0.1, 0.15) is 12.4 Å². The molecule has 0 aliphatic rings. The van der Waals surface area contributed by atoms with Gasteiger partial charge in [-0.1, -0.05) is 37.3 Å². The number of urea groups is 1. The quantitative estimate of drug-likeness (QED) is 0.774. The Bertz CT molecular complexity index is 711. The first kappa shape index (κ1) is 17.9. The van der Waals surface area contributed by atoms with Gasteiger partial charge in [0, 0.05) is 5.69 Å². The minimum absolute atomic E-state index is 0.205. The highest BCUT2D eigenvalue weighted by Crippen LogP contribution is 2.21. The first-order valence-corrected chi connectivity index (χ1v) is 8.34.